The average molecular weight is 355 g/mol. The molecule has 0 aliphatic heterocycles. The number of methoxy groups -OCH3 is 2. The molecule has 0 radical (unpaired) electrons. The number of rotatable bonds is 6. The first-order valence-corrected chi connectivity index (χ1v) is 7.58. The van der Waals surface area contributed by atoms with Crippen molar-refractivity contribution in [3.63, 3.8) is 0 Å². The van der Waals surface area contributed by atoms with Gasteiger partial charge in [0.05, 0.1) is 37.5 Å². The molecule has 0 amide bonds. The fraction of sp³-hybridized carbons (Fsp3) is 0.235. The van der Waals surface area contributed by atoms with Gasteiger partial charge in [-0.15, -0.1) is 0 Å². The molecule has 0 unspecified atom stereocenters. The maximum Gasteiger partial charge on any atom is 0.342 e. The molecule has 0 aliphatic carbocycles. The summed E-state index contributed by atoms with van der Waals surface area (Å²) < 4.78 is 15.7. The number of benzene rings is 2. The normalized spacial score (nSPS) is 10.4. The van der Waals surface area contributed by atoms with Crippen LogP contribution in [0.1, 0.15) is 21.5 Å². The van der Waals surface area contributed by atoms with Gasteiger partial charge < -0.3 is 14.2 Å². The summed E-state index contributed by atoms with van der Waals surface area (Å²) in [5, 5.41) is 0.973. The number of hydrogen-bond acceptors (Lipinski definition) is 4. The van der Waals surface area contributed by atoms with E-state index < -0.39 is 5.97 Å². The second kappa shape index (κ2) is 8.20. The summed E-state index contributed by atoms with van der Waals surface area (Å²) in [5.74, 6) is -0.0110. The quantitative estimate of drug-likeness (QED) is 0.716. The first kappa shape index (κ1) is 17.6. The van der Waals surface area contributed by atoms with Gasteiger partial charge in [0, 0.05) is 0 Å². The molecular formula is C17H16Cl2O4. The minimum Gasteiger partial charge on any atom is -0.496 e. The highest BCUT2D eigenvalue weighted by Gasteiger charge is 2.17. The van der Waals surface area contributed by atoms with Crippen LogP contribution in [0.4, 0.5) is 0 Å². The summed E-state index contributed by atoms with van der Waals surface area (Å²) in [4.78, 5) is 11.9. The van der Waals surface area contributed by atoms with Gasteiger partial charge in [0.15, 0.2) is 0 Å². The summed E-state index contributed by atoms with van der Waals surface area (Å²) in [7, 11) is 2.83. The zero-order chi connectivity index (χ0) is 16.8. The van der Waals surface area contributed by atoms with E-state index in [1.54, 1.807) is 30.3 Å². The van der Waals surface area contributed by atoms with Crippen LogP contribution < -0.4 is 4.74 Å². The van der Waals surface area contributed by atoms with Gasteiger partial charge in [0.1, 0.15) is 11.3 Å². The molecule has 0 N–H and O–H groups in total. The van der Waals surface area contributed by atoms with Crippen LogP contribution in [-0.2, 0) is 22.7 Å². The van der Waals surface area contributed by atoms with Crippen molar-refractivity contribution in [2.24, 2.45) is 0 Å². The smallest absolute Gasteiger partial charge is 0.342 e. The van der Waals surface area contributed by atoms with Crippen molar-refractivity contribution in [2.45, 2.75) is 13.2 Å². The van der Waals surface area contributed by atoms with Crippen molar-refractivity contribution < 1.29 is 19.0 Å². The van der Waals surface area contributed by atoms with E-state index in [9.17, 15) is 4.79 Å². The SMILES string of the molecule is COC(=O)c1c(COCc2ccc(Cl)c(Cl)c2)cccc1OC. The zero-order valence-electron chi connectivity index (χ0n) is 12.8. The Labute approximate surface area is 144 Å². The average Bonchev–Trinajstić information content (AvgIpc) is 2.57. The zero-order valence-corrected chi connectivity index (χ0v) is 14.3. The van der Waals surface area contributed by atoms with E-state index in [2.05, 4.69) is 0 Å². The molecule has 6 heteroatoms. The molecular weight excluding hydrogens is 339 g/mol. The van der Waals surface area contributed by atoms with E-state index in [0.29, 0.717) is 33.5 Å². The molecule has 0 aromatic heterocycles. The van der Waals surface area contributed by atoms with Crippen LogP contribution in [0.3, 0.4) is 0 Å². The molecule has 23 heavy (non-hydrogen) atoms. The van der Waals surface area contributed by atoms with Crippen LogP contribution >= 0.6 is 23.2 Å². The van der Waals surface area contributed by atoms with Gasteiger partial charge >= 0.3 is 5.97 Å². The summed E-state index contributed by atoms with van der Waals surface area (Å²) in [6.45, 7) is 0.580. The Morgan fingerprint density at radius 2 is 1.83 bits per heavy atom. The van der Waals surface area contributed by atoms with Crippen LogP contribution in [0.15, 0.2) is 36.4 Å². The molecule has 0 heterocycles. The summed E-state index contributed by atoms with van der Waals surface area (Å²) in [6.07, 6.45) is 0. The van der Waals surface area contributed by atoms with Gasteiger partial charge in [-0.2, -0.15) is 0 Å². The summed E-state index contributed by atoms with van der Waals surface area (Å²) in [6, 6.07) is 10.6. The van der Waals surface area contributed by atoms with E-state index >= 15 is 0 Å². The van der Waals surface area contributed by atoms with Gasteiger partial charge in [0.2, 0.25) is 0 Å². The third kappa shape index (κ3) is 4.38. The summed E-state index contributed by atoms with van der Waals surface area (Å²) >= 11 is 11.8. The molecule has 0 spiro atoms. The standard InChI is InChI=1S/C17H16Cl2O4/c1-21-15-5-3-4-12(16(15)17(20)22-2)10-23-9-11-6-7-13(18)14(19)8-11/h3-8H,9-10H2,1-2H3. The highest BCUT2D eigenvalue weighted by molar-refractivity contribution is 6.42. The number of esters is 1. The minimum atomic E-state index is -0.462. The second-order valence-electron chi connectivity index (χ2n) is 4.73. The molecule has 4 nitrogen and oxygen atoms in total. The van der Waals surface area contributed by atoms with Gasteiger partial charge in [0.25, 0.3) is 0 Å². The van der Waals surface area contributed by atoms with Crippen molar-refractivity contribution in [3.8, 4) is 5.75 Å². The largest absolute Gasteiger partial charge is 0.496 e. The van der Waals surface area contributed by atoms with Crippen molar-refractivity contribution in [1.82, 2.24) is 0 Å². The number of ether oxygens (including phenoxy) is 3. The second-order valence-corrected chi connectivity index (χ2v) is 5.54. The van der Waals surface area contributed by atoms with Crippen molar-refractivity contribution in [2.75, 3.05) is 14.2 Å². The van der Waals surface area contributed by atoms with Gasteiger partial charge in [-0.25, -0.2) is 4.79 Å². The van der Waals surface area contributed by atoms with Crippen molar-refractivity contribution in [3.05, 3.63) is 63.1 Å². The van der Waals surface area contributed by atoms with Crippen LogP contribution in [0.5, 0.6) is 5.75 Å². The monoisotopic (exact) mass is 354 g/mol. The van der Waals surface area contributed by atoms with E-state index in [1.165, 1.54) is 14.2 Å². The Kier molecular flexibility index (Phi) is 6.28. The molecule has 0 saturated heterocycles. The van der Waals surface area contributed by atoms with E-state index in [-0.39, 0.29) is 6.61 Å². The molecule has 0 saturated carbocycles. The number of hydrogen-bond donors (Lipinski definition) is 0. The molecule has 0 bridgehead atoms. The van der Waals surface area contributed by atoms with Crippen molar-refractivity contribution in [1.29, 1.82) is 0 Å². The fourth-order valence-electron chi connectivity index (χ4n) is 2.11. The third-order valence-electron chi connectivity index (χ3n) is 3.23. The predicted molar refractivity (Wildman–Crippen MR) is 89.3 cm³/mol. The molecule has 0 atom stereocenters. The Balaban J connectivity index is 2.11. The van der Waals surface area contributed by atoms with Crippen LogP contribution in [0, 0.1) is 0 Å². The summed E-state index contributed by atoms with van der Waals surface area (Å²) in [5.41, 5.74) is 1.95. The Bertz CT molecular complexity index is 701. The van der Waals surface area contributed by atoms with Crippen LogP contribution in [0.25, 0.3) is 0 Å². The highest BCUT2D eigenvalue weighted by Crippen LogP contribution is 2.25. The topological polar surface area (TPSA) is 44.8 Å². The van der Waals surface area contributed by atoms with E-state index in [4.69, 9.17) is 37.4 Å². The molecule has 2 aromatic carbocycles. The molecule has 2 rings (SSSR count). The Morgan fingerprint density at radius 1 is 1.04 bits per heavy atom. The lowest BCUT2D eigenvalue weighted by Crippen LogP contribution is -2.09. The lowest BCUT2D eigenvalue weighted by atomic mass is 10.1. The molecule has 122 valence electrons. The van der Waals surface area contributed by atoms with Crippen LogP contribution in [0.2, 0.25) is 10.0 Å². The molecule has 0 aliphatic rings. The number of halogens is 2. The van der Waals surface area contributed by atoms with Gasteiger partial charge in [-0.05, 0) is 29.3 Å². The van der Waals surface area contributed by atoms with Crippen molar-refractivity contribution >= 4 is 29.2 Å². The Morgan fingerprint density at radius 3 is 2.48 bits per heavy atom. The molecule has 2 aromatic rings. The first-order valence-electron chi connectivity index (χ1n) is 6.82. The van der Waals surface area contributed by atoms with Gasteiger partial charge in [-0.1, -0.05) is 41.4 Å². The predicted octanol–water partition coefficient (Wildman–Crippen LogP) is 4.51. The fourth-order valence-corrected chi connectivity index (χ4v) is 2.43. The molecule has 0 fully saturated rings. The van der Waals surface area contributed by atoms with Gasteiger partial charge in [-0.3, -0.25) is 0 Å². The lowest BCUT2D eigenvalue weighted by molar-refractivity contribution is 0.0586. The first-order chi connectivity index (χ1) is 11.1. The maximum atomic E-state index is 11.9. The maximum absolute atomic E-state index is 11.9. The number of carbonyl (C=O) groups is 1. The Hall–Kier alpha value is -1.75. The number of carbonyl (C=O) groups excluding carboxylic acids is 1. The van der Waals surface area contributed by atoms with E-state index in [1.807, 2.05) is 6.07 Å². The lowest BCUT2D eigenvalue weighted by Gasteiger charge is -2.12. The minimum absolute atomic E-state index is 0.238. The third-order valence-corrected chi connectivity index (χ3v) is 3.97. The highest BCUT2D eigenvalue weighted by atomic mass is 35.5. The van der Waals surface area contributed by atoms with E-state index in [0.717, 1.165) is 5.56 Å². The van der Waals surface area contributed by atoms with Crippen LogP contribution in [-0.4, -0.2) is 20.2 Å².